The molecule has 1 unspecified atom stereocenters. The van der Waals surface area contributed by atoms with Crippen molar-refractivity contribution in [2.45, 2.75) is 19.9 Å². The molecule has 96 valence electrons. The Kier molecular flexibility index (Phi) is 5.13. The number of nitrogens with zero attached hydrogens (tertiary/aromatic N) is 1. The molecule has 0 aromatic heterocycles. The maximum atomic E-state index is 11.9. The van der Waals surface area contributed by atoms with Gasteiger partial charge < -0.3 is 10.4 Å². The summed E-state index contributed by atoms with van der Waals surface area (Å²) in [4.78, 5) is 0. The van der Waals surface area contributed by atoms with Crippen LogP contribution in [0.5, 0.6) is 0 Å². The van der Waals surface area contributed by atoms with Crippen molar-refractivity contribution in [1.29, 1.82) is 0 Å². The lowest BCUT2D eigenvalue weighted by atomic mass is 10.1. The molecular weight excluding hydrogens is 230 g/mol. The molecule has 1 aliphatic rings. The highest BCUT2D eigenvalue weighted by Crippen LogP contribution is 2.06. The Bertz CT molecular complexity index is 299. The Morgan fingerprint density at radius 2 is 1.94 bits per heavy atom. The van der Waals surface area contributed by atoms with Gasteiger partial charge in [-0.25, -0.2) is 0 Å². The van der Waals surface area contributed by atoms with E-state index in [-0.39, 0.29) is 12.5 Å². The van der Waals surface area contributed by atoms with E-state index in [0.717, 1.165) is 0 Å². The van der Waals surface area contributed by atoms with Crippen LogP contribution >= 0.6 is 0 Å². The molecule has 1 aliphatic heterocycles. The van der Waals surface area contributed by atoms with Gasteiger partial charge in [0.25, 0.3) is 10.2 Å². The molecule has 1 fully saturated rings. The lowest BCUT2D eigenvalue weighted by Crippen LogP contribution is -2.54. The summed E-state index contributed by atoms with van der Waals surface area (Å²) in [7, 11) is -3.46. The minimum absolute atomic E-state index is 0.0719. The van der Waals surface area contributed by atoms with Crippen molar-refractivity contribution in [1.82, 2.24) is 14.3 Å². The zero-order chi connectivity index (χ0) is 12.2. The standard InChI is InChI=1S/C9H21N3O3S/c1-8(2)9(7-13)11-16(14,15)12-5-3-10-4-6-12/h8-11,13H,3-7H2,1-2H3. The summed E-state index contributed by atoms with van der Waals surface area (Å²) in [6.07, 6.45) is 0. The van der Waals surface area contributed by atoms with E-state index >= 15 is 0 Å². The molecule has 0 saturated carbocycles. The fourth-order valence-corrected chi connectivity index (χ4v) is 3.08. The van der Waals surface area contributed by atoms with Crippen LogP contribution in [0.3, 0.4) is 0 Å². The number of rotatable bonds is 5. The molecule has 7 heteroatoms. The molecule has 0 bridgehead atoms. The van der Waals surface area contributed by atoms with Gasteiger partial charge in [-0.15, -0.1) is 0 Å². The first-order valence-corrected chi connectivity index (χ1v) is 7.00. The van der Waals surface area contributed by atoms with Crippen LogP contribution in [0.2, 0.25) is 0 Å². The molecular formula is C9H21N3O3S. The number of aliphatic hydroxyl groups is 1. The zero-order valence-electron chi connectivity index (χ0n) is 9.81. The van der Waals surface area contributed by atoms with Crippen molar-refractivity contribution in [2.24, 2.45) is 5.92 Å². The van der Waals surface area contributed by atoms with Gasteiger partial charge in [0.15, 0.2) is 0 Å². The first-order valence-electron chi connectivity index (χ1n) is 5.56. The predicted octanol–water partition coefficient (Wildman–Crippen LogP) is -1.26. The van der Waals surface area contributed by atoms with Crippen LogP contribution in [-0.2, 0) is 10.2 Å². The van der Waals surface area contributed by atoms with Gasteiger partial charge in [-0.05, 0) is 5.92 Å². The van der Waals surface area contributed by atoms with Crippen LogP contribution in [0.1, 0.15) is 13.8 Å². The van der Waals surface area contributed by atoms with Gasteiger partial charge in [-0.1, -0.05) is 13.8 Å². The largest absolute Gasteiger partial charge is 0.395 e. The van der Waals surface area contributed by atoms with Crippen molar-refractivity contribution in [3.63, 3.8) is 0 Å². The second-order valence-corrected chi connectivity index (χ2v) is 6.01. The number of hydrogen-bond acceptors (Lipinski definition) is 4. The van der Waals surface area contributed by atoms with Crippen LogP contribution < -0.4 is 10.0 Å². The molecule has 0 amide bonds. The van der Waals surface area contributed by atoms with Gasteiger partial charge in [0, 0.05) is 32.2 Å². The molecule has 1 atom stereocenters. The highest BCUT2D eigenvalue weighted by atomic mass is 32.2. The van der Waals surface area contributed by atoms with Gasteiger partial charge in [-0.3, -0.25) is 0 Å². The van der Waals surface area contributed by atoms with Gasteiger partial charge in [0.2, 0.25) is 0 Å². The predicted molar refractivity (Wildman–Crippen MR) is 62.2 cm³/mol. The monoisotopic (exact) mass is 251 g/mol. The first kappa shape index (κ1) is 13.9. The fraction of sp³-hybridized carbons (Fsp3) is 1.00. The van der Waals surface area contributed by atoms with Crippen molar-refractivity contribution in [2.75, 3.05) is 32.8 Å². The average Bonchev–Trinajstić information content (AvgIpc) is 2.27. The minimum Gasteiger partial charge on any atom is -0.395 e. The van der Waals surface area contributed by atoms with Crippen molar-refractivity contribution < 1.29 is 13.5 Å². The number of piperazine rings is 1. The van der Waals surface area contributed by atoms with Crippen molar-refractivity contribution in [3.05, 3.63) is 0 Å². The highest BCUT2D eigenvalue weighted by molar-refractivity contribution is 7.87. The highest BCUT2D eigenvalue weighted by Gasteiger charge is 2.27. The van der Waals surface area contributed by atoms with Gasteiger partial charge >= 0.3 is 0 Å². The molecule has 0 aromatic carbocycles. The summed E-state index contributed by atoms with van der Waals surface area (Å²) in [5, 5.41) is 12.2. The molecule has 6 nitrogen and oxygen atoms in total. The van der Waals surface area contributed by atoms with Gasteiger partial charge in [0.05, 0.1) is 6.61 Å². The zero-order valence-corrected chi connectivity index (χ0v) is 10.6. The maximum absolute atomic E-state index is 11.9. The summed E-state index contributed by atoms with van der Waals surface area (Å²) < 4.78 is 27.8. The molecule has 1 saturated heterocycles. The molecule has 0 aromatic rings. The smallest absolute Gasteiger partial charge is 0.279 e. The van der Waals surface area contributed by atoms with E-state index in [1.165, 1.54) is 4.31 Å². The second kappa shape index (κ2) is 5.92. The summed E-state index contributed by atoms with van der Waals surface area (Å²) in [6.45, 7) is 5.88. The third-order valence-corrected chi connectivity index (χ3v) is 4.36. The molecule has 3 N–H and O–H groups in total. The lowest BCUT2D eigenvalue weighted by Gasteiger charge is -2.29. The van der Waals surface area contributed by atoms with Crippen LogP contribution in [0.4, 0.5) is 0 Å². The quantitative estimate of drug-likeness (QED) is 0.570. The molecule has 1 rings (SSSR count). The van der Waals surface area contributed by atoms with E-state index in [1.807, 2.05) is 13.8 Å². The maximum Gasteiger partial charge on any atom is 0.279 e. The molecule has 0 spiro atoms. The third-order valence-electron chi connectivity index (χ3n) is 2.72. The van der Waals surface area contributed by atoms with E-state index in [2.05, 4.69) is 10.0 Å². The fourth-order valence-electron chi connectivity index (χ4n) is 1.53. The summed E-state index contributed by atoms with van der Waals surface area (Å²) in [6, 6.07) is -0.417. The van der Waals surface area contributed by atoms with Gasteiger partial charge in [-0.2, -0.15) is 17.4 Å². The second-order valence-electron chi connectivity index (χ2n) is 4.31. The van der Waals surface area contributed by atoms with E-state index in [1.54, 1.807) is 0 Å². The summed E-state index contributed by atoms with van der Waals surface area (Å²) in [5.74, 6) is 0.0719. The number of aliphatic hydroxyl groups excluding tert-OH is 1. The molecule has 0 aliphatic carbocycles. The van der Waals surface area contributed by atoms with Crippen molar-refractivity contribution >= 4 is 10.2 Å². The minimum atomic E-state index is -3.46. The number of hydrogen-bond donors (Lipinski definition) is 3. The normalized spacial score (nSPS) is 21.2. The lowest BCUT2D eigenvalue weighted by molar-refractivity contribution is 0.224. The first-order chi connectivity index (χ1) is 7.47. The molecule has 1 heterocycles. The van der Waals surface area contributed by atoms with E-state index in [9.17, 15) is 8.42 Å². The Labute approximate surface area is 97.2 Å². The van der Waals surface area contributed by atoms with E-state index < -0.39 is 16.3 Å². The van der Waals surface area contributed by atoms with Crippen LogP contribution in [0.15, 0.2) is 0 Å². The topological polar surface area (TPSA) is 81.7 Å². The Hall–Kier alpha value is -0.210. The van der Waals surface area contributed by atoms with Crippen LogP contribution in [0.25, 0.3) is 0 Å². The Morgan fingerprint density at radius 3 is 2.38 bits per heavy atom. The molecule has 16 heavy (non-hydrogen) atoms. The average molecular weight is 251 g/mol. The van der Waals surface area contributed by atoms with Crippen molar-refractivity contribution in [3.8, 4) is 0 Å². The number of nitrogens with one attached hydrogen (secondary N) is 2. The summed E-state index contributed by atoms with van der Waals surface area (Å²) in [5.41, 5.74) is 0. The summed E-state index contributed by atoms with van der Waals surface area (Å²) >= 11 is 0. The Balaban J connectivity index is 2.62. The van der Waals surface area contributed by atoms with Gasteiger partial charge in [0.1, 0.15) is 0 Å². The van der Waals surface area contributed by atoms with E-state index in [4.69, 9.17) is 5.11 Å². The SMILES string of the molecule is CC(C)C(CO)NS(=O)(=O)N1CCNCC1. The van der Waals surface area contributed by atoms with Crippen LogP contribution in [-0.4, -0.2) is 56.7 Å². The van der Waals surface area contributed by atoms with Crippen LogP contribution in [0, 0.1) is 5.92 Å². The molecule has 0 radical (unpaired) electrons. The Morgan fingerprint density at radius 1 is 1.38 bits per heavy atom. The third kappa shape index (κ3) is 3.67. The van der Waals surface area contributed by atoms with E-state index in [0.29, 0.717) is 26.2 Å².